The fourth-order valence-electron chi connectivity index (χ4n) is 2.44. The highest BCUT2D eigenvalue weighted by atomic mass is 19.1. The third-order valence-electron chi connectivity index (χ3n) is 3.57. The molecule has 0 aliphatic carbocycles. The van der Waals surface area contributed by atoms with E-state index in [-0.39, 0.29) is 11.9 Å². The third-order valence-corrected chi connectivity index (χ3v) is 3.57. The zero-order chi connectivity index (χ0) is 14.4. The van der Waals surface area contributed by atoms with Gasteiger partial charge in [0.15, 0.2) is 0 Å². The number of halogens is 1. The molecule has 20 heavy (non-hydrogen) atoms. The van der Waals surface area contributed by atoms with E-state index < -0.39 is 0 Å². The minimum absolute atomic E-state index is 0.179. The molecule has 0 aliphatic rings. The molecular weight excluding hydrogens is 249 g/mol. The molecule has 0 bridgehead atoms. The van der Waals surface area contributed by atoms with Crippen LogP contribution in [0.4, 0.5) is 4.39 Å². The van der Waals surface area contributed by atoms with E-state index in [1.165, 1.54) is 23.3 Å². The zero-order valence-electron chi connectivity index (χ0n) is 12.2. The topological polar surface area (TPSA) is 12.0 Å². The van der Waals surface area contributed by atoms with Gasteiger partial charge in [0.05, 0.1) is 0 Å². The molecule has 1 nitrogen and oxygen atoms in total. The summed E-state index contributed by atoms with van der Waals surface area (Å²) in [6, 6.07) is 15.8. The number of benzene rings is 2. The predicted octanol–water partition coefficient (Wildman–Crippen LogP) is 4.28. The van der Waals surface area contributed by atoms with Crippen LogP contribution in [0.5, 0.6) is 0 Å². The lowest BCUT2D eigenvalue weighted by Crippen LogP contribution is -2.23. The van der Waals surface area contributed by atoms with Crippen molar-refractivity contribution >= 4 is 0 Å². The smallest absolute Gasteiger partial charge is 0.123 e. The van der Waals surface area contributed by atoms with Gasteiger partial charge in [-0.25, -0.2) is 4.39 Å². The molecule has 0 saturated heterocycles. The molecule has 0 aromatic heterocycles. The number of likely N-dealkylation sites (N-methyl/N-ethyl adjacent to an activating group) is 1. The largest absolute Gasteiger partial charge is 0.310 e. The average molecular weight is 271 g/mol. The molecule has 2 rings (SSSR count). The Morgan fingerprint density at radius 1 is 1.00 bits per heavy atom. The lowest BCUT2D eigenvalue weighted by molar-refractivity contribution is 0.548. The van der Waals surface area contributed by atoms with Gasteiger partial charge in [0.1, 0.15) is 5.82 Å². The molecule has 2 heteroatoms. The van der Waals surface area contributed by atoms with Gasteiger partial charge in [0.25, 0.3) is 0 Å². The summed E-state index contributed by atoms with van der Waals surface area (Å²) in [4.78, 5) is 0. The van der Waals surface area contributed by atoms with Gasteiger partial charge in [-0.05, 0) is 48.2 Å². The third kappa shape index (κ3) is 3.91. The molecule has 2 aromatic rings. The van der Waals surface area contributed by atoms with Crippen molar-refractivity contribution in [2.75, 3.05) is 6.54 Å². The Bertz CT molecular complexity index is 533. The van der Waals surface area contributed by atoms with Crippen LogP contribution in [0.3, 0.4) is 0 Å². The van der Waals surface area contributed by atoms with Crippen molar-refractivity contribution in [3.63, 3.8) is 0 Å². The molecule has 0 amide bonds. The van der Waals surface area contributed by atoms with Crippen molar-refractivity contribution in [2.24, 2.45) is 0 Å². The first-order valence-corrected chi connectivity index (χ1v) is 7.29. The van der Waals surface area contributed by atoms with Gasteiger partial charge in [-0.2, -0.15) is 0 Å². The molecule has 0 spiro atoms. The fraction of sp³-hybridized carbons (Fsp3) is 0.333. The van der Waals surface area contributed by atoms with Crippen molar-refractivity contribution in [2.45, 2.75) is 32.7 Å². The highest BCUT2D eigenvalue weighted by Gasteiger charge is 2.11. The summed E-state index contributed by atoms with van der Waals surface area (Å²) in [6.45, 7) is 5.20. The normalized spacial score (nSPS) is 12.3. The van der Waals surface area contributed by atoms with Crippen LogP contribution in [-0.2, 0) is 12.8 Å². The minimum atomic E-state index is -0.179. The first-order valence-electron chi connectivity index (χ1n) is 7.29. The Morgan fingerprint density at radius 2 is 1.75 bits per heavy atom. The number of rotatable bonds is 6. The van der Waals surface area contributed by atoms with Crippen LogP contribution in [0.1, 0.15) is 36.6 Å². The first-order chi connectivity index (χ1) is 9.72. The maximum absolute atomic E-state index is 13.0. The van der Waals surface area contributed by atoms with E-state index in [1.807, 2.05) is 12.1 Å². The fourth-order valence-corrected chi connectivity index (χ4v) is 2.44. The summed E-state index contributed by atoms with van der Waals surface area (Å²) in [7, 11) is 0. The quantitative estimate of drug-likeness (QED) is 0.827. The highest BCUT2D eigenvalue weighted by molar-refractivity contribution is 5.28. The molecular formula is C18H22FN. The first kappa shape index (κ1) is 14.7. The predicted molar refractivity (Wildman–Crippen MR) is 82.3 cm³/mol. The minimum Gasteiger partial charge on any atom is -0.310 e. The van der Waals surface area contributed by atoms with Gasteiger partial charge in [-0.3, -0.25) is 0 Å². The zero-order valence-corrected chi connectivity index (χ0v) is 12.2. The maximum Gasteiger partial charge on any atom is 0.123 e. The van der Waals surface area contributed by atoms with Crippen molar-refractivity contribution in [1.29, 1.82) is 0 Å². The van der Waals surface area contributed by atoms with Crippen LogP contribution in [0.15, 0.2) is 48.5 Å². The summed E-state index contributed by atoms with van der Waals surface area (Å²) < 4.78 is 13.0. The van der Waals surface area contributed by atoms with E-state index in [4.69, 9.17) is 0 Å². The van der Waals surface area contributed by atoms with Gasteiger partial charge in [0, 0.05) is 6.04 Å². The number of hydrogen-bond donors (Lipinski definition) is 1. The lowest BCUT2D eigenvalue weighted by atomic mass is 9.97. The van der Waals surface area contributed by atoms with Crippen LogP contribution in [0.2, 0.25) is 0 Å². The summed E-state index contributed by atoms with van der Waals surface area (Å²) in [5.41, 5.74) is 3.80. The molecule has 1 unspecified atom stereocenters. The Kier molecular flexibility index (Phi) is 5.31. The van der Waals surface area contributed by atoms with Crippen LogP contribution < -0.4 is 5.32 Å². The van der Waals surface area contributed by atoms with Crippen LogP contribution in [0, 0.1) is 5.82 Å². The lowest BCUT2D eigenvalue weighted by Gasteiger charge is -2.19. The molecule has 0 heterocycles. The molecule has 0 aliphatic heterocycles. The Morgan fingerprint density at radius 3 is 2.40 bits per heavy atom. The monoisotopic (exact) mass is 271 g/mol. The van der Waals surface area contributed by atoms with Crippen molar-refractivity contribution in [1.82, 2.24) is 5.32 Å². The second kappa shape index (κ2) is 7.20. The van der Waals surface area contributed by atoms with E-state index in [1.54, 1.807) is 0 Å². The number of aryl methyl sites for hydroxylation is 1. The molecule has 1 N–H and O–H groups in total. The van der Waals surface area contributed by atoms with Crippen molar-refractivity contribution in [3.05, 3.63) is 71.0 Å². The summed E-state index contributed by atoms with van der Waals surface area (Å²) in [6.07, 6.45) is 1.92. The van der Waals surface area contributed by atoms with E-state index in [2.05, 4.69) is 43.4 Å². The van der Waals surface area contributed by atoms with Crippen LogP contribution in [-0.4, -0.2) is 6.54 Å². The highest BCUT2D eigenvalue weighted by Crippen LogP contribution is 2.20. The van der Waals surface area contributed by atoms with Gasteiger partial charge < -0.3 is 5.32 Å². The second-order valence-corrected chi connectivity index (χ2v) is 5.04. The maximum atomic E-state index is 13.0. The molecule has 2 aromatic carbocycles. The van der Waals surface area contributed by atoms with E-state index in [9.17, 15) is 4.39 Å². The second-order valence-electron chi connectivity index (χ2n) is 5.04. The summed E-state index contributed by atoms with van der Waals surface area (Å²) in [5.74, 6) is -0.179. The van der Waals surface area contributed by atoms with Gasteiger partial charge in [-0.15, -0.1) is 0 Å². The number of nitrogens with one attached hydrogen (secondary N) is 1. The SMILES string of the molecule is CCNC(Cc1ccc(F)cc1)c1cccc(CC)c1. The number of hydrogen-bond acceptors (Lipinski definition) is 1. The summed E-state index contributed by atoms with van der Waals surface area (Å²) in [5, 5.41) is 3.52. The average Bonchev–Trinajstić information content (AvgIpc) is 2.49. The van der Waals surface area contributed by atoms with Gasteiger partial charge in [-0.1, -0.05) is 50.2 Å². The molecule has 106 valence electrons. The van der Waals surface area contributed by atoms with Crippen LogP contribution in [0.25, 0.3) is 0 Å². The molecule has 0 fully saturated rings. The van der Waals surface area contributed by atoms with E-state index >= 15 is 0 Å². The standard InChI is InChI=1S/C18H22FN/c1-3-14-6-5-7-16(12-14)18(20-4-2)13-15-8-10-17(19)11-9-15/h5-12,18,20H,3-4,13H2,1-2H3. The Labute approximate surface area is 120 Å². The Balaban J connectivity index is 2.19. The molecule has 0 saturated carbocycles. The van der Waals surface area contributed by atoms with E-state index in [0.29, 0.717) is 0 Å². The summed E-state index contributed by atoms with van der Waals surface area (Å²) >= 11 is 0. The van der Waals surface area contributed by atoms with Crippen LogP contribution >= 0.6 is 0 Å². The van der Waals surface area contributed by atoms with Gasteiger partial charge in [0.2, 0.25) is 0 Å². The van der Waals surface area contributed by atoms with E-state index in [0.717, 1.165) is 24.9 Å². The van der Waals surface area contributed by atoms with Gasteiger partial charge >= 0.3 is 0 Å². The van der Waals surface area contributed by atoms with Crippen molar-refractivity contribution in [3.8, 4) is 0 Å². The van der Waals surface area contributed by atoms with Crippen molar-refractivity contribution < 1.29 is 4.39 Å². The Hall–Kier alpha value is -1.67. The molecule has 1 atom stereocenters. The molecule has 0 radical (unpaired) electrons.